The third-order valence-electron chi connectivity index (χ3n) is 4.92. The number of benzene rings is 1. The van der Waals surface area contributed by atoms with Gasteiger partial charge in [-0.2, -0.15) is 8.42 Å². The zero-order valence-corrected chi connectivity index (χ0v) is 19.4. The second-order valence-corrected chi connectivity index (χ2v) is 9.05. The number of hydrogen-bond acceptors (Lipinski definition) is 8. The van der Waals surface area contributed by atoms with Gasteiger partial charge in [-0.15, -0.1) is 0 Å². The maximum Gasteiger partial charge on any atom is 0.340 e. The lowest BCUT2D eigenvalue weighted by atomic mass is 10.00. The van der Waals surface area contributed by atoms with E-state index in [0.717, 1.165) is 0 Å². The summed E-state index contributed by atoms with van der Waals surface area (Å²) in [5.74, 6) is -1.22. The Bertz CT molecular complexity index is 1550. The van der Waals surface area contributed by atoms with Crippen LogP contribution in [0.25, 0.3) is 11.0 Å². The molecule has 0 aliphatic carbocycles. The Labute approximate surface area is 198 Å². The molecule has 3 aromatic heterocycles. The summed E-state index contributed by atoms with van der Waals surface area (Å²) in [6, 6.07) is 6.05. The van der Waals surface area contributed by atoms with Crippen molar-refractivity contribution in [2.45, 2.75) is 13.3 Å². The van der Waals surface area contributed by atoms with Crippen LogP contribution in [-0.4, -0.2) is 30.4 Å². The standard InChI is InChI=1S/C21H17ClFN5O5S/c1-11-13-9-15(22)17(33-21-26-5-3-6-27-21)10-16(13)32-20(29)14(11)8-12-4-7-25-19(18(12)23)28-34(30,31)24-2/h3-7,9-10,24H,8H2,1-2H3,(H,25,28). The number of rotatable bonds is 7. The van der Waals surface area contributed by atoms with E-state index < -0.39 is 27.5 Å². The summed E-state index contributed by atoms with van der Waals surface area (Å²) in [7, 11) is -2.81. The summed E-state index contributed by atoms with van der Waals surface area (Å²) >= 11 is 6.36. The molecule has 0 unspecified atom stereocenters. The molecule has 2 N–H and O–H groups in total. The van der Waals surface area contributed by atoms with Gasteiger partial charge in [-0.05, 0) is 36.2 Å². The zero-order chi connectivity index (χ0) is 24.5. The molecule has 0 saturated carbocycles. The van der Waals surface area contributed by atoms with Crippen molar-refractivity contribution < 1.29 is 22.0 Å². The summed E-state index contributed by atoms with van der Waals surface area (Å²) in [4.78, 5) is 24.4. The van der Waals surface area contributed by atoms with Crippen LogP contribution in [0.5, 0.6) is 11.8 Å². The number of halogens is 2. The fourth-order valence-electron chi connectivity index (χ4n) is 3.17. The summed E-state index contributed by atoms with van der Waals surface area (Å²) in [6.07, 6.45) is 4.07. The molecule has 0 amide bonds. The first-order valence-corrected chi connectivity index (χ1v) is 11.6. The molecular formula is C21H17ClFN5O5S. The zero-order valence-electron chi connectivity index (χ0n) is 17.8. The number of fused-ring (bicyclic) bond motifs is 1. The minimum atomic E-state index is -3.98. The first kappa shape index (κ1) is 23.5. The van der Waals surface area contributed by atoms with Gasteiger partial charge in [0.2, 0.25) is 0 Å². The highest BCUT2D eigenvalue weighted by atomic mass is 35.5. The molecule has 0 aliphatic heterocycles. The van der Waals surface area contributed by atoms with Crippen LogP contribution in [0.1, 0.15) is 16.7 Å². The Hall–Kier alpha value is -3.61. The van der Waals surface area contributed by atoms with Gasteiger partial charge in [0, 0.05) is 49.1 Å². The largest absolute Gasteiger partial charge is 0.423 e. The molecule has 0 saturated heterocycles. The predicted octanol–water partition coefficient (Wildman–Crippen LogP) is 3.34. The quantitative estimate of drug-likeness (QED) is 0.365. The van der Waals surface area contributed by atoms with Gasteiger partial charge in [0.1, 0.15) is 5.58 Å². The lowest BCUT2D eigenvalue weighted by Gasteiger charge is -2.12. The number of ether oxygens (including phenoxy) is 1. The molecule has 0 atom stereocenters. The number of nitrogens with zero attached hydrogens (tertiary/aromatic N) is 3. The monoisotopic (exact) mass is 505 g/mol. The van der Waals surface area contributed by atoms with E-state index in [4.69, 9.17) is 20.8 Å². The van der Waals surface area contributed by atoms with Crippen LogP contribution in [-0.2, 0) is 16.6 Å². The van der Waals surface area contributed by atoms with Crippen LogP contribution in [0.4, 0.5) is 10.2 Å². The lowest BCUT2D eigenvalue weighted by molar-refractivity contribution is 0.441. The van der Waals surface area contributed by atoms with E-state index in [-0.39, 0.29) is 39.9 Å². The van der Waals surface area contributed by atoms with E-state index in [0.29, 0.717) is 10.9 Å². The summed E-state index contributed by atoms with van der Waals surface area (Å²) in [5, 5.41) is 0.744. The van der Waals surface area contributed by atoms with Gasteiger partial charge in [0.05, 0.1) is 5.02 Å². The number of hydrogen-bond donors (Lipinski definition) is 2. The molecule has 13 heteroatoms. The maximum absolute atomic E-state index is 14.9. The van der Waals surface area contributed by atoms with Crippen LogP contribution < -0.4 is 19.8 Å². The Morgan fingerprint density at radius 2 is 1.91 bits per heavy atom. The van der Waals surface area contributed by atoms with Crippen molar-refractivity contribution in [3.63, 3.8) is 0 Å². The van der Waals surface area contributed by atoms with Gasteiger partial charge in [0.25, 0.3) is 10.2 Å². The summed E-state index contributed by atoms with van der Waals surface area (Å²) in [6.45, 7) is 1.68. The highest BCUT2D eigenvalue weighted by Crippen LogP contribution is 2.34. The van der Waals surface area contributed by atoms with Gasteiger partial charge >= 0.3 is 11.6 Å². The summed E-state index contributed by atoms with van der Waals surface area (Å²) < 4.78 is 53.3. The second kappa shape index (κ2) is 9.33. The Morgan fingerprint density at radius 1 is 1.18 bits per heavy atom. The van der Waals surface area contributed by atoms with Crippen molar-refractivity contribution in [3.8, 4) is 11.8 Å². The normalized spacial score (nSPS) is 11.5. The van der Waals surface area contributed by atoms with Gasteiger partial charge in [0.15, 0.2) is 17.4 Å². The van der Waals surface area contributed by atoms with Gasteiger partial charge in [-0.3, -0.25) is 4.72 Å². The van der Waals surface area contributed by atoms with E-state index in [1.807, 2.05) is 9.44 Å². The number of aryl methyl sites for hydroxylation is 1. The number of anilines is 1. The molecule has 1 aromatic carbocycles. The van der Waals surface area contributed by atoms with Crippen LogP contribution in [0.15, 0.2) is 52.1 Å². The number of pyridine rings is 1. The average Bonchev–Trinajstić information content (AvgIpc) is 2.81. The average molecular weight is 506 g/mol. The molecule has 3 heterocycles. The molecule has 34 heavy (non-hydrogen) atoms. The number of nitrogens with one attached hydrogen (secondary N) is 2. The molecule has 0 bridgehead atoms. The van der Waals surface area contributed by atoms with Crippen LogP contribution >= 0.6 is 11.6 Å². The van der Waals surface area contributed by atoms with Crippen molar-refractivity contribution in [1.82, 2.24) is 19.7 Å². The molecule has 176 valence electrons. The Morgan fingerprint density at radius 3 is 2.62 bits per heavy atom. The number of aromatic nitrogens is 3. The van der Waals surface area contributed by atoms with Crippen molar-refractivity contribution in [1.29, 1.82) is 0 Å². The van der Waals surface area contributed by atoms with E-state index in [1.165, 1.54) is 37.8 Å². The van der Waals surface area contributed by atoms with E-state index >= 15 is 0 Å². The van der Waals surface area contributed by atoms with Crippen LogP contribution in [0.2, 0.25) is 5.02 Å². The lowest BCUT2D eigenvalue weighted by Crippen LogP contribution is -2.27. The Balaban J connectivity index is 1.72. The minimum Gasteiger partial charge on any atom is -0.423 e. The first-order chi connectivity index (χ1) is 16.2. The third kappa shape index (κ3) is 4.83. The van der Waals surface area contributed by atoms with Crippen molar-refractivity contribution in [2.24, 2.45) is 0 Å². The molecule has 10 nitrogen and oxygen atoms in total. The van der Waals surface area contributed by atoms with Gasteiger partial charge in [-0.25, -0.2) is 28.9 Å². The molecular weight excluding hydrogens is 489 g/mol. The highest BCUT2D eigenvalue weighted by Gasteiger charge is 2.20. The van der Waals surface area contributed by atoms with Crippen molar-refractivity contribution in [2.75, 3.05) is 11.8 Å². The van der Waals surface area contributed by atoms with Crippen molar-refractivity contribution >= 4 is 38.6 Å². The van der Waals surface area contributed by atoms with E-state index in [9.17, 15) is 17.6 Å². The Kier molecular flexibility index (Phi) is 6.46. The van der Waals surface area contributed by atoms with Crippen LogP contribution in [0.3, 0.4) is 0 Å². The molecule has 0 spiro atoms. The van der Waals surface area contributed by atoms with Crippen molar-refractivity contribution in [3.05, 3.63) is 80.8 Å². The predicted molar refractivity (Wildman–Crippen MR) is 123 cm³/mol. The van der Waals surface area contributed by atoms with E-state index in [1.54, 1.807) is 19.1 Å². The molecule has 0 radical (unpaired) electrons. The molecule has 0 fully saturated rings. The molecule has 4 rings (SSSR count). The fraction of sp³-hybridized carbons (Fsp3) is 0.143. The smallest absolute Gasteiger partial charge is 0.340 e. The first-order valence-electron chi connectivity index (χ1n) is 9.74. The van der Waals surface area contributed by atoms with Gasteiger partial charge < -0.3 is 9.15 Å². The molecule has 0 aliphatic rings. The maximum atomic E-state index is 14.9. The fourth-order valence-corrected chi connectivity index (χ4v) is 3.87. The SMILES string of the molecule is CNS(=O)(=O)Nc1nccc(Cc2c(C)c3cc(Cl)c(Oc4ncccn4)cc3oc2=O)c1F. The van der Waals surface area contributed by atoms with Gasteiger partial charge in [-0.1, -0.05) is 11.6 Å². The highest BCUT2D eigenvalue weighted by molar-refractivity contribution is 7.90. The molecule has 4 aromatic rings. The second-order valence-electron chi connectivity index (χ2n) is 7.02. The van der Waals surface area contributed by atoms with Crippen LogP contribution in [0, 0.1) is 12.7 Å². The summed E-state index contributed by atoms with van der Waals surface area (Å²) in [5.41, 5.74) is 0.258. The topological polar surface area (TPSA) is 136 Å². The minimum absolute atomic E-state index is 0.0471. The third-order valence-corrected chi connectivity index (χ3v) is 6.21. The van der Waals surface area contributed by atoms with E-state index in [2.05, 4.69) is 15.0 Å².